The highest BCUT2D eigenvalue weighted by Crippen LogP contribution is 2.23. The van der Waals surface area contributed by atoms with Crippen molar-refractivity contribution in [1.29, 1.82) is 0 Å². The lowest BCUT2D eigenvalue weighted by atomic mass is 10.0. The Morgan fingerprint density at radius 2 is 1.05 bits per heavy atom. The molecule has 0 aliphatic carbocycles. The van der Waals surface area contributed by atoms with Crippen molar-refractivity contribution in [3.8, 4) is 0 Å². The number of nitrogen functional groups attached to an aromatic ring is 1. The molecule has 0 unspecified atom stereocenters. The van der Waals surface area contributed by atoms with Crippen LogP contribution in [0.3, 0.4) is 0 Å². The normalized spacial score (nSPS) is 13.7. The molecule has 0 bridgehead atoms. The summed E-state index contributed by atoms with van der Waals surface area (Å²) in [5.74, 6) is 0.0208. The maximum Gasteiger partial charge on any atom is 0.407 e. The molecule has 0 aliphatic heterocycles. The van der Waals surface area contributed by atoms with Gasteiger partial charge in [-0.05, 0) is 77.8 Å². The van der Waals surface area contributed by atoms with Gasteiger partial charge in [0.15, 0.2) is 0 Å². The summed E-state index contributed by atoms with van der Waals surface area (Å²) in [5.41, 5.74) is 14.7. The highest BCUT2D eigenvalue weighted by atomic mass is 32.2. The Morgan fingerprint density at radius 1 is 0.636 bits per heavy atom. The Kier molecular flexibility index (Phi) is 20.2. The smallest absolute Gasteiger partial charge is 0.407 e. The van der Waals surface area contributed by atoms with Gasteiger partial charge in [-0.1, -0.05) is 119 Å². The van der Waals surface area contributed by atoms with Crippen LogP contribution < -0.4 is 16.8 Å². The average molecular weight is 947 g/mol. The van der Waals surface area contributed by atoms with E-state index in [0.717, 1.165) is 33.1 Å². The lowest BCUT2D eigenvalue weighted by molar-refractivity contribution is -0.384. The number of nitrogens with zero attached hydrogens (tertiary/aromatic N) is 3. The van der Waals surface area contributed by atoms with Crippen LogP contribution in [0.5, 0.6) is 0 Å². The molecular formula is C48H62N6O10S2. The van der Waals surface area contributed by atoms with Gasteiger partial charge in [0.2, 0.25) is 20.0 Å². The molecule has 1 amide bonds. The zero-order chi connectivity index (χ0) is 48.4. The van der Waals surface area contributed by atoms with Crippen LogP contribution in [0.1, 0.15) is 44.4 Å². The summed E-state index contributed by atoms with van der Waals surface area (Å²) < 4.78 is 60.8. The van der Waals surface area contributed by atoms with Gasteiger partial charge in [0.25, 0.3) is 5.69 Å². The van der Waals surface area contributed by atoms with E-state index >= 15 is 0 Å². The highest BCUT2D eigenvalue weighted by molar-refractivity contribution is 7.89. The van der Waals surface area contributed by atoms with Gasteiger partial charge in [0.05, 0.1) is 33.0 Å². The number of ether oxygens (including phenoxy) is 1. The van der Waals surface area contributed by atoms with Crippen molar-refractivity contribution in [3.63, 3.8) is 0 Å². The van der Waals surface area contributed by atoms with Crippen molar-refractivity contribution in [1.82, 2.24) is 13.9 Å². The van der Waals surface area contributed by atoms with Crippen molar-refractivity contribution < 1.29 is 41.5 Å². The Balaban J connectivity index is 0.000000309. The first-order chi connectivity index (χ1) is 31.3. The number of carbonyl (C=O) groups excluding carboxylic acids is 1. The van der Waals surface area contributed by atoms with Gasteiger partial charge in [-0.2, -0.15) is 8.61 Å². The number of benzene rings is 5. The fraction of sp³-hybridized carbons (Fsp3) is 0.354. The molecule has 0 aromatic heterocycles. The van der Waals surface area contributed by atoms with Gasteiger partial charge >= 0.3 is 6.09 Å². The fourth-order valence-electron chi connectivity index (χ4n) is 6.80. The van der Waals surface area contributed by atoms with Gasteiger partial charge in [-0.25, -0.2) is 21.6 Å². The minimum absolute atomic E-state index is 0.0365. The monoisotopic (exact) mass is 946 g/mol. The summed E-state index contributed by atoms with van der Waals surface area (Å²) in [5, 5.41) is 35.5. The number of hydrogen-bond acceptors (Lipinski definition) is 12. The van der Waals surface area contributed by atoms with E-state index in [4.69, 9.17) is 16.2 Å². The quantitative estimate of drug-likeness (QED) is 0.0305. The molecular weight excluding hydrogens is 885 g/mol. The molecule has 7 N–H and O–H groups in total. The summed E-state index contributed by atoms with van der Waals surface area (Å²) >= 11 is 0. The van der Waals surface area contributed by atoms with E-state index in [1.165, 1.54) is 28.6 Å². The number of non-ortho nitro benzene ring substituents is 1. The van der Waals surface area contributed by atoms with E-state index in [0.29, 0.717) is 18.7 Å². The van der Waals surface area contributed by atoms with Crippen molar-refractivity contribution in [2.75, 3.05) is 31.9 Å². The van der Waals surface area contributed by atoms with E-state index in [1.54, 1.807) is 12.1 Å². The molecule has 0 saturated carbocycles. The molecule has 18 heteroatoms. The van der Waals surface area contributed by atoms with Gasteiger partial charge in [-0.15, -0.1) is 0 Å². The van der Waals surface area contributed by atoms with Crippen molar-refractivity contribution in [2.45, 2.75) is 81.2 Å². The number of amides is 1. The molecule has 5 aromatic rings. The van der Waals surface area contributed by atoms with Crippen LogP contribution in [0.15, 0.2) is 149 Å². The van der Waals surface area contributed by atoms with Crippen LogP contribution >= 0.6 is 0 Å². The summed E-state index contributed by atoms with van der Waals surface area (Å²) in [6.07, 6.45) is -2.31. The number of alkyl carbamates (subject to hydrolysis) is 1. The second-order valence-electron chi connectivity index (χ2n) is 16.7. The van der Waals surface area contributed by atoms with Crippen LogP contribution in [0.25, 0.3) is 0 Å². The molecule has 0 fully saturated rings. The molecule has 5 aromatic carbocycles. The Morgan fingerprint density at radius 3 is 1.48 bits per heavy atom. The second-order valence-corrected chi connectivity index (χ2v) is 20.6. The third kappa shape index (κ3) is 16.6. The minimum atomic E-state index is -4.11. The summed E-state index contributed by atoms with van der Waals surface area (Å²) in [4.78, 5) is 23.1. The van der Waals surface area contributed by atoms with E-state index in [2.05, 4.69) is 5.32 Å². The van der Waals surface area contributed by atoms with Gasteiger partial charge in [0.1, 0.15) is 6.61 Å². The molecule has 66 heavy (non-hydrogen) atoms. The zero-order valence-corrected chi connectivity index (χ0v) is 39.3. The second kappa shape index (κ2) is 25.3. The largest absolute Gasteiger partial charge is 0.445 e. The maximum absolute atomic E-state index is 13.5. The van der Waals surface area contributed by atoms with Crippen molar-refractivity contribution >= 4 is 37.5 Å². The predicted molar refractivity (Wildman–Crippen MR) is 255 cm³/mol. The van der Waals surface area contributed by atoms with Crippen molar-refractivity contribution in [3.05, 3.63) is 166 Å². The fourth-order valence-corrected chi connectivity index (χ4v) is 10.0. The van der Waals surface area contributed by atoms with E-state index < -0.39 is 55.4 Å². The van der Waals surface area contributed by atoms with E-state index in [-0.39, 0.29) is 60.0 Å². The number of sulfonamides is 2. The van der Waals surface area contributed by atoms with Crippen LogP contribution in [-0.4, -0.2) is 97.1 Å². The van der Waals surface area contributed by atoms with Gasteiger partial charge in [-0.3, -0.25) is 10.1 Å². The van der Waals surface area contributed by atoms with Gasteiger partial charge in [0, 0.05) is 50.0 Å². The Hall–Kier alpha value is -5.73. The predicted octanol–water partition coefficient (Wildman–Crippen LogP) is 5.99. The zero-order valence-electron chi connectivity index (χ0n) is 37.7. The third-order valence-corrected chi connectivity index (χ3v) is 13.9. The first-order valence-electron chi connectivity index (χ1n) is 21.5. The van der Waals surface area contributed by atoms with Crippen LogP contribution in [-0.2, 0) is 44.2 Å². The molecule has 0 spiro atoms. The number of nitrogens with one attached hydrogen (secondary N) is 1. The van der Waals surface area contributed by atoms with Crippen LogP contribution in [0, 0.1) is 22.0 Å². The molecule has 0 saturated heterocycles. The lowest BCUT2D eigenvalue weighted by Crippen LogP contribution is -2.51. The lowest BCUT2D eigenvalue weighted by Gasteiger charge is -2.30. The number of anilines is 1. The Bertz CT molecular complexity index is 2470. The maximum atomic E-state index is 13.5. The summed E-state index contributed by atoms with van der Waals surface area (Å²) in [6, 6.07) is 37.2. The minimum Gasteiger partial charge on any atom is -0.445 e. The number of aliphatic hydroxyl groups is 2. The van der Waals surface area contributed by atoms with Crippen LogP contribution in [0.4, 0.5) is 16.2 Å². The molecule has 0 heterocycles. The summed E-state index contributed by atoms with van der Waals surface area (Å²) in [6.45, 7) is 7.59. The molecule has 0 radical (unpaired) electrons. The number of nitro groups is 1. The molecule has 16 nitrogen and oxygen atoms in total. The topological polar surface area (TPSA) is 249 Å². The summed E-state index contributed by atoms with van der Waals surface area (Å²) in [7, 11) is -7.86. The van der Waals surface area contributed by atoms with Gasteiger partial charge < -0.3 is 31.7 Å². The molecule has 356 valence electrons. The van der Waals surface area contributed by atoms with Crippen molar-refractivity contribution in [2.24, 2.45) is 17.6 Å². The Labute approximate surface area is 388 Å². The number of carbonyl (C=O) groups is 1. The number of aliphatic hydroxyl groups excluding tert-OH is 2. The highest BCUT2D eigenvalue weighted by Gasteiger charge is 2.33. The number of hydrogen-bond donors (Lipinski definition) is 5. The number of nitrogens with two attached hydrogens (primary N) is 2. The third-order valence-electron chi connectivity index (χ3n) is 10.2. The first-order valence-corrected chi connectivity index (χ1v) is 24.4. The average Bonchev–Trinajstić information content (AvgIpc) is 3.28. The van der Waals surface area contributed by atoms with E-state index in [9.17, 15) is 42.0 Å². The molecule has 0 aliphatic rings. The molecule has 4 atom stereocenters. The molecule has 5 rings (SSSR count). The van der Waals surface area contributed by atoms with Crippen LogP contribution in [0.2, 0.25) is 0 Å². The number of nitro benzene ring substituents is 1. The SMILES string of the molecule is CC(C)CN(C[C@@H](O)[C@@H](N)Cc1ccccc1)S(=O)(=O)c1ccc(N)cc1.CC(C)CN(C[C@@H](O)[C@H](Cc1ccccc1)NC(=O)OCc1ccccc1)S(=O)(=O)c1ccc([N+](=O)[O-])cc1. The first kappa shape index (κ1) is 52.9. The number of rotatable bonds is 22. The van der Waals surface area contributed by atoms with E-state index in [1.807, 2.05) is 119 Å². The standard InChI is InChI=1S/C28H33N3O7S.C20H29N3O3S/c1-21(2)18-30(39(36,37)25-15-13-24(14-16-25)31(34)35)19-27(32)26(17-22-9-5-3-6-10-22)29-28(33)38-20-23-11-7-4-8-12-23;1-15(2)13-23(27(25,26)18-10-8-17(21)9-11-18)14-20(24)19(22)12-16-6-4-3-5-7-16/h3-16,21,26-27,32H,17-20H2,1-2H3,(H,29,33);3-11,15,19-20,24H,12-14,21-22H2,1-2H3/t26-,27+;19-,20+/m00/s1.